The van der Waals surface area contributed by atoms with Crippen molar-refractivity contribution in [1.82, 2.24) is 9.97 Å². The molecule has 0 amide bonds. The van der Waals surface area contributed by atoms with E-state index in [2.05, 4.69) is 9.97 Å². The summed E-state index contributed by atoms with van der Waals surface area (Å²) in [6, 6.07) is 5.59. The summed E-state index contributed by atoms with van der Waals surface area (Å²) in [6.45, 7) is 2.01. The summed E-state index contributed by atoms with van der Waals surface area (Å²) < 4.78 is 5.24. The van der Waals surface area contributed by atoms with Gasteiger partial charge in [-0.05, 0) is 12.1 Å². The third-order valence-electron chi connectivity index (χ3n) is 1.98. The van der Waals surface area contributed by atoms with E-state index in [9.17, 15) is 0 Å². The van der Waals surface area contributed by atoms with Gasteiger partial charge in [0.2, 0.25) is 0 Å². The minimum absolute atomic E-state index is 0.494. The Morgan fingerprint density at radius 1 is 1.44 bits per heavy atom. The van der Waals surface area contributed by atoms with Gasteiger partial charge in [-0.3, -0.25) is 0 Å². The Balaban J connectivity index is 2.06. The minimum Gasteiger partial charge on any atom is -0.468 e. The normalized spacial score (nSPS) is 10.6. The maximum Gasteiger partial charge on any atom is 0.133 e. The van der Waals surface area contributed by atoms with Gasteiger partial charge < -0.3 is 4.42 Å². The van der Waals surface area contributed by atoms with Crippen LogP contribution in [-0.4, -0.2) is 9.97 Å². The van der Waals surface area contributed by atoms with E-state index in [0.717, 1.165) is 28.8 Å². The predicted molar refractivity (Wildman–Crippen MR) is 64.7 cm³/mol. The molecule has 0 N–H and O–H groups in total. The number of rotatable bonds is 4. The van der Waals surface area contributed by atoms with Crippen molar-refractivity contribution < 1.29 is 4.42 Å². The molecule has 2 heterocycles. The molecule has 2 aromatic heterocycles. The van der Waals surface area contributed by atoms with Crippen molar-refractivity contribution in [2.24, 2.45) is 0 Å². The van der Waals surface area contributed by atoms with Crippen molar-refractivity contribution >= 4 is 23.4 Å². The van der Waals surface area contributed by atoms with E-state index in [4.69, 9.17) is 16.0 Å². The highest BCUT2D eigenvalue weighted by Gasteiger charge is 2.04. The summed E-state index contributed by atoms with van der Waals surface area (Å²) in [5.74, 6) is 2.45. The number of thioether (sulfide) groups is 1. The molecule has 0 fully saturated rings. The Labute approximate surface area is 103 Å². The van der Waals surface area contributed by atoms with E-state index in [-0.39, 0.29) is 0 Å². The summed E-state index contributed by atoms with van der Waals surface area (Å²) in [6.07, 6.45) is 2.45. The van der Waals surface area contributed by atoms with Gasteiger partial charge in [-0.2, -0.15) is 0 Å². The molecule has 2 aromatic rings. The van der Waals surface area contributed by atoms with Crippen LogP contribution in [0.4, 0.5) is 0 Å². The van der Waals surface area contributed by atoms with Gasteiger partial charge in [0.15, 0.2) is 0 Å². The second kappa shape index (κ2) is 5.37. The van der Waals surface area contributed by atoms with E-state index in [1.54, 1.807) is 24.1 Å². The zero-order chi connectivity index (χ0) is 11.4. The molecule has 16 heavy (non-hydrogen) atoms. The Hall–Kier alpha value is -1.00. The lowest BCUT2D eigenvalue weighted by atomic mass is 10.4. The van der Waals surface area contributed by atoms with Crippen LogP contribution in [-0.2, 0) is 12.2 Å². The van der Waals surface area contributed by atoms with E-state index in [0.29, 0.717) is 5.15 Å². The van der Waals surface area contributed by atoms with Crippen LogP contribution in [0.15, 0.2) is 33.9 Å². The molecule has 0 saturated carbocycles. The number of hydrogen-bond donors (Lipinski definition) is 0. The standard InChI is InChI=1S/C11H11ClN2OS/c1-2-10-13-9(12)6-11(14-10)16-7-8-4-3-5-15-8/h3-6H,2,7H2,1H3. The second-order valence-electron chi connectivity index (χ2n) is 3.17. The van der Waals surface area contributed by atoms with Crippen molar-refractivity contribution in [3.63, 3.8) is 0 Å². The van der Waals surface area contributed by atoms with Gasteiger partial charge in [-0.15, -0.1) is 0 Å². The molecule has 0 atom stereocenters. The highest BCUT2D eigenvalue weighted by molar-refractivity contribution is 7.98. The summed E-state index contributed by atoms with van der Waals surface area (Å²) in [5.41, 5.74) is 0. The third-order valence-corrected chi connectivity index (χ3v) is 3.10. The van der Waals surface area contributed by atoms with Crippen LogP contribution in [0, 0.1) is 0 Å². The van der Waals surface area contributed by atoms with Crippen LogP contribution < -0.4 is 0 Å². The average Bonchev–Trinajstić information content (AvgIpc) is 2.78. The Morgan fingerprint density at radius 2 is 2.31 bits per heavy atom. The first kappa shape index (κ1) is 11.5. The number of nitrogens with zero attached hydrogens (tertiary/aromatic N) is 2. The predicted octanol–water partition coefficient (Wildman–Crippen LogP) is 3.58. The molecular weight excluding hydrogens is 244 g/mol. The smallest absolute Gasteiger partial charge is 0.133 e. The first-order valence-corrected chi connectivity index (χ1v) is 6.33. The summed E-state index contributed by atoms with van der Waals surface area (Å²) in [7, 11) is 0. The molecule has 0 aliphatic rings. The lowest BCUT2D eigenvalue weighted by Gasteiger charge is -2.02. The molecule has 0 saturated heterocycles. The molecule has 3 nitrogen and oxygen atoms in total. The van der Waals surface area contributed by atoms with E-state index in [1.807, 2.05) is 19.1 Å². The summed E-state index contributed by atoms with van der Waals surface area (Å²) in [5, 5.41) is 1.38. The molecule has 0 spiro atoms. The van der Waals surface area contributed by atoms with Crippen LogP contribution in [0.25, 0.3) is 0 Å². The van der Waals surface area contributed by atoms with Crippen molar-refractivity contribution in [1.29, 1.82) is 0 Å². The van der Waals surface area contributed by atoms with Gasteiger partial charge in [0, 0.05) is 12.5 Å². The van der Waals surface area contributed by atoms with Gasteiger partial charge in [0.1, 0.15) is 21.8 Å². The van der Waals surface area contributed by atoms with Crippen LogP contribution in [0.3, 0.4) is 0 Å². The lowest BCUT2D eigenvalue weighted by Crippen LogP contribution is -1.94. The average molecular weight is 255 g/mol. The van der Waals surface area contributed by atoms with Crippen molar-refractivity contribution in [3.8, 4) is 0 Å². The first-order valence-electron chi connectivity index (χ1n) is 4.96. The topological polar surface area (TPSA) is 38.9 Å². The molecule has 0 radical (unpaired) electrons. The quantitative estimate of drug-likeness (QED) is 0.618. The Kier molecular flexibility index (Phi) is 3.85. The van der Waals surface area contributed by atoms with Crippen LogP contribution >= 0.6 is 23.4 Å². The Bertz CT molecular complexity index is 459. The van der Waals surface area contributed by atoms with Crippen molar-refractivity contribution in [2.45, 2.75) is 24.1 Å². The fourth-order valence-electron chi connectivity index (χ4n) is 1.21. The van der Waals surface area contributed by atoms with Gasteiger partial charge in [0.05, 0.1) is 12.0 Å². The molecule has 0 aromatic carbocycles. The second-order valence-corrected chi connectivity index (χ2v) is 4.55. The summed E-state index contributed by atoms with van der Waals surface area (Å²) >= 11 is 7.49. The maximum absolute atomic E-state index is 5.90. The molecule has 84 valence electrons. The third kappa shape index (κ3) is 3.00. The first-order chi connectivity index (χ1) is 7.78. The fourth-order valence-corrected chi connectivity index (χ4v) is 2.30. The molecule has 0 aliphatic heterocycles. The van der Waals surface area contributed by atoms with E-state index < -0.39 is 0 Å². The number of furan rings is 1. The van der Waals surface area contributed by atoms with Gasteiger partial charge in [0.25, 0.3) is 0 Å². The number of halogens is 1. The maximum atomic E-state index is 5.90. The van der Waals surface area contributed by atoms with E-state index in [1.165, 1.54) is 0 Å². The molecule has 0 aliphatic carbocycles. The van der Waals surface area contributed by atoms with Crippen LogP contribution in [0.2, 0.25) is 5.15 Å². The van der Waals surface area contributed by atoms with Crippen molar-refractivity contribution in [2.75, 3.05) is 0 Å². The van der Waals surface area contributed by atoms with Gasteiger partial charge in [-0.1, -0.05) is 30.3 Å². The number of aryl methyl sites for hydroxylation is 1. The highest BCUT2D eigenvalue weighted by atomic mass is 35.5. The fraction of sp³-hybridized carbons (Fsp3) is 0.273. The SMILES string of the molecule is CCc1nc(Cl)cc(SCc2ccco2)n1. The highest BCUT2D eigenvalue weighted by Crippen LogP contribution is 2.23. The molecule has 0 unspecified atom stereocenters. The zero-order valence-electron chi connectivity index (χ0n) is 8.81. The van der Waals surface area contributed by atoms with Crippen molar-refractivity contribution in [3.05, 3.63) is 41.2 Å². The monoisotopic (exact) mass is 254 g/mol. The lowest BCUT2D eigenvalue weighted by molar-refractivity contribution is 0.530. The number of hydrogen-bond acceptors (Lipinski definition) is 4. The molecule has 0 bridgehead atoms. The van der Waals surface area contributed by atoms with Gasteiger partial charge in [-0.25, -0.2) is 9.97 Å². The molecule has 2 rings (SSSR count). The van der Waals surface area contributed by atoms with Crippen LogP contribution in [0.1, 0.15) is 18.5 Å². The zero-order valence-corrected chi connectivity index (χ0v) is 10.4. The Morgan fingerprint density at radius 3 is 3.00 bits per heavy atom. The number of aromatic nitrogens is 2. The summed E-state index contributed by atoms with van der Waals surface area (Å²) in [4.78, 5) is 8.49. The van der Waals surface area contributed by atoms with E-state index >= 15 is 0 Å². The van der Waals surface area contributed by atoms with Crippen LogP contribution in [0.5, 0.6) is 0 Å². The molecular formula is C11H11ClN2OS. The van der Waals surface area contributed by atoms with Gasteiger partial charge >= 0.3 is 0 Å². The minimum atomic E-state index is 0.494. The largest absolute Gasteiger partial charge is 0.468 e. The molecule has 5 heteroatoms.